The molecular formula is C16H30N2O2. The Bertz CT molecular complexity index is 298. The number of carbonyl (C=O) groups is 2. The van der Waals surface area contributed by atoms with Gasteiger partial charge in [0.25, 0.3) is 0 Å². The number of nitrogens with zero attached hydrogens (tertiary/aromatic N) is 2. The molecule has 0 saturated carbocycles. The minimum absolute atomic E-state index is 0.140. The Morgan fingerprint density at radius 2 is 1.20 bits per heavy atom. The molecule has 1 rings (SSSR count). The zero-order valence-electron chi connectivity index (χ0n) is 13.5. The number of unbranched alkanes of at least 4 members (excludes halogenated alkanes) is 2. The van der Waals surface area contributed by atoms with Gasteiger partial charge in [-0.25, -0.2) is 0 Å². The molecule has 4 nitrogen and oxygen atoms in total. The lowest BCUT2D eigenvalue weighted by molar-refractivity contribution is -0.145. The van der Waals surface area contributed by atoms with E-state index in [0.717, 1.165) is 25.7 Å². The number of hydrogen-bond donors (Lipinski definition) is 0. The van der Waals surface area contributed by atoms with Gasteiger partial charge >= 0.3 is 0 Å². The SMILES string of the molecule is CCCCC(=O)N1CC(C)N(C(=O)CCCC)CC1C. The minimum atomic E-state index is 0.140. The van der Waals surface area contributed by atoms with Gasteiger partial charge < -0.3 is 9.80 Å². The van der Waals surface area contributed by atoms with Gasteiger partial charge in [-0.15, -0.1) is 0 Å². The lowest BCUT2D eigenvalue weighted by Gasteiger charge is -2.44. The van der Waals surface area contributed by atoms with Gasteiger partial charge in [0, 0.05) is 38.0 Å². The molecule has 20 heavy (non-hydrogen) atoms. The third-order valence-corrected chi connectivity index (χ3v) is 4.12. The standard InChI is InChI=1S/C16H30N2O2/c1-5-7-9-15(19)17-11-14(4)18(12-13(17)3)16(20)10-8-6-2/h13-14H,5-12H2,1-4H3. The van der Waals surface area contributed by atoms with Crippen molar-refractivity contribution < 1.29 is 9.59 Å². The van der Waals surface area contributed by atoms with Gasteiger partial charge in [-0.1, -0.05) is 26.7 Å². The number of rotatable bonds is 6. The molecule has 0 aromatic heterocycles. The summed E-state index contributed by atoms with van der Waals surface area (Å²) in [6.45, 7) is 9.67. The second-order valence-electron chi connectivity index (χ2n) is 6.00. The molecule has 4 heteroatoms. The van der Waals surface area contributed by atoms with Crippen molar-refractivity contribution in [2.24, 2.45) is 0 Å². The van der Waals surface area contributed by atoms with E-state index < -0.39 is 0 Å². The smallest absolute Gasteiger partial charge is 0.222 e. The van der Waals surface area contributed by atoms with Gasteiger partial charge in [0.1, 0.15) is 0 Å². The van der Waals surface area contributed by atoms with Crippen LogP contribution in [0.5, 0.6) is 0 Å². The summed E-state index contributed by atoms with van der Waals surface area (Å²) in [6.07, 6.45) is 5.27. The van der Waals surface area contributed by atoms with Gasteiger partial charge in [-0.2, -0.15) is 0 Å². The van der Waals surface area contributed by atoms with Crippen molar-refractivity contribution in [1.29, 1.82) is 0 Å². The highest BCUT2D eigenvalue weighted by molar-refractivity contribution is 5.79. The van der Waals surface area contributed by atoms with E-state index in [-0.39, 0.29) is 23.9 Å². The van der Waals surface area contributed by atoms with E-state index >= 15 is 0 Å². The van der Waals surface area contributed by atoms with Crippen molar-refractivity contribution in [2.75, 3.05) is 13.1 Å². The Kier molecular flexibility index (Phi) is 7.03. The monoisotopic (exact) mass is 282 g/mol. The summed E-state index contributed by atoms with van der Waals surface area (Å²) < 4.78 is 0. The summed E-state index contributed by atoms with van der Waals surface area (Å²) in [5.41, 5.74) is 0. The Hall–Kier alpha value is -1.06. The summed E-state index contributed by atoms with van der Waals surface area (Å²) in [6, 6.07) is 0.280. The molecule has 0 spiro atoms. The molecule has 0 aromatic rings. The molecule has 2 amide bonds. The fraction of sp³-hybridized carbons (Fsp3) is 0.875. The maximum absolute atomic E-state index is 12.2. The number of amides is 2. The van der Waals surface area contributed by atoms with Crippen LogP contribution in [0.4, 0.5) is 0 Å². The molecule has 1 heterocycles. The maximum Gasteiger partial charge on any atom is 0.222 e. The van der Waals surface area contributed by atoms with Crippen LogP contribution in [0, 0.1) is 0 Å². The third-order valence-electron chi connectivity index (χ3n) is 4.12. The zero-order chi connectivity index (χ0) is 15.1. The van der Waals surface area contributed by atoms with Crippen molar-refractivity contribution in [3.63, 3.8) is 0 Å². The first-order chi connectivity index (χ1) is 9.51. The Balaban J connectivity index is 2.57. The van der Waals surface area contributed by atoms with Crippen LogP contribution in [-0.4, -0.2) is 46.8 Å². The molecule has 116 valence electrons. The van der Waals surface area contributed by atoms with Crippen LogP contribution in [0.3, 0.4) is 0 Å². The van der Waals surface area contributed by atoms with Gasteiger partial charge in [0.15, 0.2) is 0 Å². The summed E-state index contributed by atoms with van der Waals surface area (Å²) >= 11 is 0. The number of carbonyl (C=O) groups excluding carboxylic acids is 2. The van der Waals surface area contributed by atoms with E-state index in [0.29, 0.717) is 25.9 Å². The summed E-state index contributed by atoms with van der Waals surface area (Å²) in [5, 5.41) is 0. The van der Waals surface area contributed by atoms with Crippen LogP contribution >= 0.6 is 0 Å². The van der Waals surface area contributed by atoms with E-state index in [9.17, 15) is 9.59 Å². The van der Waals surface area contributed by atoms with E-state index in [1.54, 1.807) is 0 Å². The third kappa shape index (κ3) is 4.50. The summed E-state index contributed by atoms with van der Waals surface area (Å²) in [4.78, 5) is 28.3. The van der Waals surface area contributed by atoms with Crippen molar-refractivity contribution in [3.8, 4) is 0 Å². The molecule has 2 atom stereocenters. The fourth-order valence-electron chi connectivity index (χ4n) is 2.76. The number of piperazine rings is 1. The minimum Gasteiger partial charge on any atom is -0.336 e. The number of hydrogen-bond acceptors (Lipinski definition) is 2. The zero-order valence-corrected chi connectivity index (χ0v) is 13.5. The van der Waals surface area contributed by atoms with E-state index in [1.807, 2.05) is 9.80 Å². The van der Waals surface area contributed by atoms with Gasteiger partial charge in [-0.05, 0) is 26.7 Å². The van der Waals surface area contributed by atoms with Crippen LogP contribution in [0.2, 0.25) is 0 Å². The quantitative estimate of drug-likeness (QED) is 0.751. The highest BCUT2D eigenvalue weighted by Gasteiger charge is 2.33. The first-order valence-corrected chi connectivity index (χ1v) is 8.10. The lowest BCUT2D eigenvalue weighted by atomic mass is 10.1. The fourth-order valence-corrected chi connectivity index (χ4v) is 2.76. The highest BCUT2D eigenvalue weighted by atomic mass is 16.2. The molecule has 0 aromatic carbocycles. The average Bonchev–Trinajstić information content (AvgIpc) is 2.44. The van der Waals surface area contributed by atoms with Crippen molar-refractivity contribution in [1.82, 2.24) is 9.80 Å². The Morgan fingerprint density at radius 1 is 0.850 bits per heavy atom. The molecule has 0 N–H and O–H groups in total. The molecule has 1 saturated heterocycles. The average molecular weight is 282 g/mol. The first-order valence-electron chi connectivity index (χ1n) is 8.10. The van der Waals surface area contributed by atoms with Crippen molar-refractivity contribution in [2.45, 2.75) is 78.3 Å². The maximum atomic E-state index is 12.2. The molecule has 1 aliphatic heterocycles. The molecule has 1 fully saturated rings. The molecule has 1 aliphatic rings. The predicted molar refractivity (Wildman–Crippen MR) is 81.4 cm³/mol. The van der Waals surface area contributed by atoms with Crippen LogP contribution in [0.1, 0.15) is 66.2 Å². The van der Waals surface area contributed by atoms with Crippen LogP contribution in [-0.2, 0) is 9.59 Å². The van der Waals surface area contributed by atoms with Gasteiger partial charge in [-0.3, -0.25) is 9.59 Å². The van der Waals surface area contributed by atoms with Gasteiger partial charge in [0.2, 0.25) is 11.8 Å². The van der Waals surface area contributed by atoms with Crippen LogP contribution in [0.15, 0.2) is 0 Å². The topological polar surface area (TPSA) is 40.6 Å². The second-order valence-corrected chi connectivity index (χ2v) is 6.00. The largest absolute Gasteiger partial charge is 0.336 e. The Labute approximate surface area is 123 Å². The van der Waals surface area contributed by atoms with E-state index in [2.05, 4.69) is 27.7 Å². The predicted octanol–water partition coefficient (Wildman–Crippen LogP) is 2.81. The van der Waals surface area contributed by atoms with Crippen molar-refractivity contribution in [3.05, 3.63) is 0 Å². The Morgan fingerprint density at radius 3 is 1.50 bits per heavy atom. The summed E-state index contributed by atoms with van der Waals surface area (Å²) in [7, 11) is 0. The lowest BCUT2D eigenvalue weighted by Crippen LogP contribution is -2.59. The van der Waals surface area contributed by atoms with Crippen LogP contribution in [0.25, 0.3) is 0 Å². The second kappa shape index (κ2) is 8.28. The van der Waals surface area contributed by atoms with Crippen molar-refractivity contribution >= 4 is 11.8 Å². The molecule has 0 aliphatic carbocycles. The highest BCUT2D eigenvalue weighted by Crippen LogP contribution is 2.18. The summed E-state index contributed by atoms with van der Waals surface area (Å²) in [5.74, 6) is 0.485. The van der Waals surface area contributed by atoms with Crippen LogP contribution < -0.4 is 0 Å². The van der Waals surface area contributed by atoms with E-state index in [4.69, 9.17) is 0 Å². The van der Waals surface area contributed by atoms with Gasteiger partial charge in [0.05, 0.1) is 0 Å². The first kappa shape index (κ1) is 17.0. The molecular weight excluding hydrogens is 252 g/mol. The normalized spacial score (nSPS) is 23.0. The molecule has 0 bridgehead atoms. The molecule has 0 radical (unpaired) electrons. The van der Waals surface area contributed by atoms with E-state index in [1.165, 1.54) is 0 Å². The molecule has 2 unspecified atom stereocenters.